The number of nitrogens with one attached hydrogen (secondary N) is 2. The number of carbonyl (C=O) groups excluding carboxylic acids is 2. The van der Waals surface area contributed by atoms with Gasteiger partial charge in [0.1, 0.15) is 24.7 Å². The molecule has 0 atom stereocenters. The first-order chi connectivity index (χ1) is 32.1. The van der Waals surface area contributed by atoms with Crippen LogP contribution in [-0.4, -0.2) is 47.3 Å². The minimum absolute atomic E-state index is 0.232. The van der Waals surface area contributed by atoms with Crippen molar-refractivity contribution in [3.8, 4) is 11.5 Å². The number of aliphatic imine (C=N–C) groups is 2. The van der Waals surface area contributed by atoms with E-state index in [9.17, 15) is 9.59 Å². The molecule has 0 radical (unpaired) electrons. The number of hydrogen-bond acceptors (Lipinski definition) is 10. The van der Waals surface area contributed by atoms with E-state index in [0.29, 0.717) is 58.5 Å². The van der Waals surface area contributed by atoms with Crippen molar-refractivity contribution in [1.82, 2.24) is 9.97 Å². The molecule has 0 saturated carbocycles. The Labute approximate surface area is 383 Å². The van der Waals surface area contributed by atoms with Crippen molar-refractivity contribution >= 4 is 68.8 Å². The van der Waals surface area contributed by atoms with E-state index in [4.69, 9.17) is 20.9 Å². The standard InChI is InChI=1S/C54H50N8O4/c1-35-27-49(55)47-29-41(17-23-51(47)59-35)61-53(63)45-11-5-3-9-39(45)33-65-43-19-13-37(14-20-43)31-57-25-7-8-26-58-32-38-15-21-44(22-16-38)66-34-40-10-4-6-12-46(40)54(64)62-42-18-24-52-48(30-42)50(56)28-36(2)60-52/h3-6,9-24,27-32H,7-8,25-26,33-34H2,1-2H3,(H2,55,59)(H2,56,60)(H,61,63)(H,62,64). The highest BCUT2D eigenvalue weighted by Gasteiger charge is 2.15. The fourth-order valence-corrected chi connectivity index (χ4v) is 7.44. The van der Waals surface area contributed by atoms with E-state index in [0.717, 1.165) is 68.3 Å². The Morgan fingerprint density at radius 1 is 0.545 bits per heavy atom. The molecule has 6 N–H and O–H groups in total. The topological polar surface area (TPSA) is 179 Å². The maximum atomic E-state index is 13.3. The number of fused-ring (bicyclic) bond motifs is 2. The lowest BCUT2D eigenvalue weighted by molar-refractivity contribution is 0.101. The van der Waals surface area contributed by atoms with E-state index in [1.54, 1.807) is 12.1 Å². The molecule has 12 nitrogen and oxygen atoms in total. The van der Waals surface area contributed by atoms with Crippen molar-refractivity contribution in [3.05, 3.63) is 190 Å². The Balaban J connectivity index is 0.737. The molecule has 0 fully saturated rings. The average molecular weight is 875 g/mol. The molecule has 330 valence electrons. The van der Waals surface area contributed by atoms with Crippen LogP contribution in [0.1, 0.15) is 67.2 Å². The lowest BCUT2D eigenvalue weighted by Gasteiger charge is -2.12. The van der Waals surface area contributed by atoms with Gasteiger partial charge in [-0.25, -0.2) is 0 Å². The first kappa shape index (κ1) is 44.2. The number of anilines is 4. The highest BCUT2D eigenvalue weighted by molar-refractivity contribution is 6.07. The zero-order chi connectivity index (χ0) is 45.8. The van der Waals surface area contributed by atoms with Gasteiger partial charge in [-0.05, 0) is 147 Å². The van der Waals surface area contributed by atoms with E-state index in [1.165, 1.54) is 0 Å². The van der Waals surface area contributed by atoms with Crippen LogP contribution >= 0.6 is 0 Å². The summed E-state index contributed by atoms with van der Waals surface area (Å²) in [5.41, 5.74) is 22.7. The number of ether oxygens (including phenoxy) is 2. The summed E-state index contributed by atoms with van der Waals surface area (Å²) < 4.78 is 12.1. The minimum atomic E-state index is -0.234. The summed E-state index contributed by atoms with van der Waals surface area (Å²) in [4.78, 5) is 44.9. The van der Waals surface area contributed by atoms with Crippen LogP contribution in [0, 0.1) is 13.8 Å². The number of aryl methyl sites for hydroxylation is 2. The summed E-state index contributed by atoms with van der Waals surface area (Å²) in [6, 6.07) is 44.9. The van der Waals surface area contributed by atoms with Gasteiger partial charge in [-0.15, -0.1) is 0 Å². The number of rotatable bonds is 17. The number of hydrogen-bond donors (Lipinski definition) is 4. The lowest BCUT2D eigenvalue weighted by atomic mass is 10.1. The zero-order valence-corrected chi connectivity index (χ0v) is 36.8. The van der Waals surface area contributed by atoms with Gasteiger partial charge in [0.2, 0.25) is 0 Å². The van der Waals surface area contributed by atoms with E-state index >= 15 is 0 Å². The summed E-state index contributed by atoms with van der Waals surface area (Å²) in [7, 11) is 0. The number of carbonyl (C=O) groups is 2. The second kappa shape index (κ2) is 20.9. The van der Waals surface area contributed by atoms with Crippen LogP contribution in [0.2, 0.25) is 0 Å². The highest BCUT2D eigenvalue weighted by Crippen LogP contribution is 2.27. The summed E-state index contributed by atoms with van der Waals surface area (Å²) >= 11 is 0. The molecule has 2 aromatic heterocycles. The highest BCUT2D eigenvalue weighted by atomic mass is 16.5. The van der Waals surface area contributed by atoms with E-state index in [2.05, 4.69) is 30.6 Å². The molecule has 8 aromatic rings. The van der Waals surface area contributed by atoms with Crippen molar-refractivity contribution in [3.63, 3.8) is 0 Å². The molecule has 6 aromatic carbocycles. The van der Waals surface area contributed by atoms with Gasteiger partial charge in [0.15, 0.2) is 0 Å². The number of nitrogen functional groups attached to an aromatic ring is 2. The number of aromatic nitrogens is 2. The van der Waals surface area contributed by atoms with Crippen LogP contribution in [0.4, 0.5) is 22.7 Å². The van der Waals surface area contributed by atoms with Crippen molar-refractivity contribution in [2.24, 2.45) is 9.98 Å². The zero-order valence-electron chi connectivity index (χ0n) is 36.8. The SMILES string of the molecule is Cc1cc(N)c2cc(NC(=O)c3ccccc3COc3ccc(C=NCCCCN=Cc4ccc(OCc5ccccc5C(=O)Nc5ccc6nc(C)cc(N)c6c5)cc4)cc3)ccc2n1. The second-order valence-corrected chi connectivity index (χ2v) is 15.9. The van der Waals surface area contributed by atoms with Gasteiger partial charge in [-0.1, -0.05) is 36.4 Å². The van der Waals surface area contributed by atoms with Gasteiger partial charge < -0.3 is 31.6 Å². The van der Waals surface area contributed by atoms with E-state index < -0.39 is 0 Å². The normalized spacial score (nSPS) is 11.4. The molecule has 0 bridgehead atoms. The summed E-state index contributed by atoms with van der Waals surface area (Å²) in [5, 5.41) is 7.56. The predicted octanol–water partition coefficient (Wildman–Crippen LogP) is 10.5. The molecule has 2 amide bonds. The van der Waals surface area contributed by atoms with E-state index in [-0.39, 0.29) is 25.0 Å². The molecule has 0 spiro atoms. The number of pyridine rings is 2. The quantitative estimate of drug-likeness (QED) is 0.0515. The Morgan fingerprint density at radius 2 is 0.955 bits per heavy atom. The number of benzene rings is 6. The predicted molar refractivity (Wildman–Crippen MR) is 266 cm³/mol. The van der Waals surface area contributed by atoms with Gasteiger partial charge in [-0.3, -0.25) is 29.5 Å². The molecule has 0 aliphatic carbocycles. The summed E-state index contributed by atoms with van der Waals surface area (Å²) in [6.45, 7) is 5.66. The Bertz CT molecular complexity index is 2870. The fraction of sp³-hybridized carbons (Fsp3) is 0.148. The third kappa shape index (κ3) is 11.4. The van der Waals surface area contributed by atoms with Crippen LogP contribution in [0.25, 0.3) is 21.8 Å². The van der Waals surface area contributed by atoms with Gasteiger partial charge >= 0.3 is 0 Å². The monoisotopic (exact) mass is 874 g/mol. The molecule has 0 unspecified atom stereocenters. The molecule has 0 aliphatic heterocycles. The number of unbranched alkanes of at least 4 members (excludes halogenated alkanes) is 1. The third-order valence-electron chi connectivity index (χ3n) is 10.8. The van der Waals surface area contributed by atoms with Crippen molar-refractivity contribution in [2.45, 2.75) is 39.9 Å². The first-order valence-electron chi connectivity index (χ1n) is 21.7. The first-order valence-corrected chi connectivity index (χ1v) is 21.7. The third-order valence-corrected chi connectivity index (χ3v) is 10.8. The molecule has 0 saturated heterocycles. The number of nitrogens with zero attached hydrogens (tertiary/aromatic N) is 4. The Morgan fingerprint density at radius 3 is 1.38 bits per heavy atom. The summed E-state index contributed by atoms with van der Waals surface area (Å²) in [5.74, 6) is 0.913. The molecular weight excluding hydrogens is 825 g/mol. The van der Waals surface area contributed by atoms with Gasteiger partial charge in [-0.2, -0.15) is 0 Å². The van der Waals surface area contributed by atoms with Crippen molar-refractivity contribution in [2.75, 3.05) is 35.2 Å². The summed E-state index contributed by atoms with van der Waals surface area (Å²) in [6.07, 6.45) is 5.55. The maximum Gasteiger partial charge on any atom is 0.256 e. The molecule has 12 heteroatoms. The van der Waals surface area contributed by atoms with Gasteiger partial charge in [0.05, 0.1) is 11.0 Å². The van der Waals surface area contributed by atoms with Crippen LogP contribution < -0.4 is 31.6 Å². The van der Waals surface area contributed by atoms with Crippen LogP contribution in [0.15, 0.2) is 156 Å². The minimum Gasteiger partial charge on any atom is -0.489 e. The molecule has 8 rings (SSSR count). The Hall–Kier alpha value is -8.38. The molecule has 2 heterocycles. The number of nitrogens with two attached hydrogens (primary N) is 2. The average Bonchev–Trinajstić information content (AvgIpc) is 3.32. The van der Waals surface area contributed by atoms with Gasteiger partial charge in [0, 0.05) is 92.7 Å². The van der Waals surface area contributed by atoms with Crippen LogP contribution in [0.5, 0.6) is 11.5 Å². The second-order valence-electron chi connectivity index (χ2n) is 15.9. The smallest absolute Gasteiger partial charge is 0.256 e. The lowest BCUT2D eigenvalue weighted by Crippen LogP contribution is -2.15. The molecular formula is C54H50N8O4. The van der Waals surface area contributed by atoms with Gasteiger partial charge in [0.25, 0.3) is 11.8 Å². The van der Waals surface area contributed by atoms with Crippen LogP contribution in [-0.2, 0) is 13.2 Å². The van der Waals surface area contributed by atoms with Crippen molar-refractivity contribution in [1.29, 1.82) is 0 Å². The fourth-order valence-electron chi connectivity index (χ4n) is 7.44. The van der Waals surface area contributed by atoms with Crippen molar-refractivity contribution < 1.29 is 19.1 Å². The maximum absolute atomic E-state index is 13.3. The number of amides is 2. The molecule has 0 aliphatic rings. The largest absolute Gasteiger partial charge is 0.489 e. The van der Waals surface area contributed by atoms with Crippen LogP contribution in [0.3, 0.4) is 0 Å². The van der Waals surface area contributed by atoms with E-state index in [1.807, 2.05) is 160 Å². The Kier molecular flexibility index (Phi) is 14.0. The molecule has 66 heavy (non-hydrogen) atoms.